The molecule has 6 heteroatoms. The van der Waals surface area contributed by atoms with Crippen LogP contribution in [-0.4, -0.2) is 17.6 Å². The molecule has 0 aliphatic heterocycles. The molecule has 0 atom stereocenters. The first-order valence-electron chi connectivity index (χ1n) is 6.56. The van der Waals surface area contributed by atoms with Crippen LogP contribution >= 0.6 is 0 Å². The maximum absolute atomic E-state index is 11.4. The third kappa shape index (κ3) is 6.17. The lowest BCUT2D eigenvalue weighted by molar-refractivity contribution is -0.384. The highest BCUT2D eigenvalue weighted by molar-refractivity contribution is 5.67. The molecule has 0 bridgehead atoms. The highest BCUT2D eigenvalue weighted by Gasteiger charge is 2.05. The number of amides is 1. The van der Waals surface area contributed by atoms with E-state index < -0.39 is 11.0 Å². The summed E-state index contributed by atoms with van der Waals surface area (Å²) in [6, 6.07) is 5.91. The highest BCUT2D eigenvalue weighted by Crippen LogP contribution is 2.12. The molecule has 1 rings (SSSR count). The monoisotopic (exact) mass is 279 g/mol. The van der Waals surface area contributed by atoms with E-state index in [0.717, 1.165) is 25.7 Å². The quantitative estimate of drug-likeness (QED) is 0.450. The van der Waals surface area contributed by atoms with Crippen molar-refractivity contribution < 1.29 is 14.5 Å². The summed E-state index contributed by atoms with van der Waals surface area (Å²) in [5, 5.41) is 13.1. The molecule has 0 aliphatic carbocycles. The van der Waals surface area contributed by atoms with Gasteiger partial charge in [-0.15, -0.1) is 0 Å². The van der Waals surface area contributed by atoms with E-state index in [9.17, 15) is 14.9 Å². The summed E-state index contributed by atoms with van der Waals surface area (Å²) in [4.78, 5) is 21.4. The highest BCUT2D eigenvalue weighted by atomic mass is 16.6. The summed E-state index contributed by atoms with van der Waals surface area (Å²) < 4.78 is 5.00. The number of non-ortho nitro benzene ring substituents is 1. The third-order valence-corrected chi connectivity index (χ3v) is 2.71. The first kappa shape index (κ1) is 15.9. The number of nitro groups is 1. The molecule has 20 heavy (non-hydrogen) atoms. The molecule has 1 aromatic rings. The van der Waals surface area contributed by atoms with Crippen LogP contribution in [0.5, 0.6) is 0 Å². The Morgan fingerprint density at radius 2 is 1.95 bits per heavy atom. The summed E-state index contributed by atoms with van der Waals surface area (Å²) >= 11 is 0. The summed E-state index contributed by atoms with van der Waals surface area (Å²) in [6.07, 6.45) is 3.43. The second-order valence-electron chi connectivity index (χ2n) is 4.34. The molecule has 0 fully saturated rings. The Balaban J connectivity index is 2.22. The van der Waals surface area contributed by atoms with Gasteiger partial charge in [0.1, 0.15) is 6.61 Å². The lowest BCUT2D eigenvalue weighted by atomic mass is 10.2. The Bertz CT molecular complexity index is 431. The molecular weight excluding hydrogens is 260 g/mol. The van der Waals surface area contributed by atoms with Gasteiger partial charge in [-0.1, -0.05) is 26.2 Å². The maximum Gasteiger partial charge on any atom is 0.407 e. The van der Waals surface area contributed by atoms with Crippen molar-refractivity contribution in [1.29, 1.82) is 0 Å². The van der Waals surface area contributed by atoms with Gasteiger partial charge in [-0.25, -0.2) is 4.79 Å². The normalized spacial score (nSPS) is 10.1. The zero-order chi connectivity index (χ0) is 14.8. The lowest BCUT2D eigenvalue weighted by Crippen LogP contribution is -2.25. The number of rotatable bonds is 8. The Labute approximate surface area is 118 Å². The number of hydrogen-bond acceptors (Lipinski definition) is 4. The minimum atomic E-state index is -0.474. The fourth-order valence-corrected chi connectivity index (χ4v) is 1.58. The Morgan fingerprint density at radius 3 is 2.55 bits per heavy atom. The van der Waals surface area contributed by atoms with Gasteiger partial charge in [0.25, 0.3) is 5.69 Å². The van der Waals surface area contributed by atoms with Gasteiger partial charge in [0.05, 0.1) is 4.92 Å². The van der Waals surface area contributed by atoms with Gasteiger partial charge < -0.3 is 10.1 Å². The van der Waals surface area contributed by atoms with Crippen molar-refractivity contribution in [3.63, 3.8) is 0 Å². The van der Waals surface area contributed by atoms with Crippen molar-refractivity contribution in [2.24, 2.45) is 0 Å². The minimum absolute atomic E-state index is 0.0172. The number of nitrogens with one attached hydrogen (secondary N) is 1. The molecule has 6 nitrogen and oxygen atoms in total. The van der Waals surface area contributed by atoms with E-state index in [-0.39, 0.29) is 12.3 Å². The van der Waals surface area contributed by atoms with E-state index >= 15 is 0 Å². The number of ether oxygens (including phenoxy) is 1. The minimum Gasteiger partial charge on any atom is -0.445 e. The van der Waals surface area contributed by atoms with Crippen LogP contribution in [0.1, 0.15) is 31.2 Å². The summed E-state index contributed by atoms with van der Waals surface area (Å²) in [6.45, 7) is 4.43. The van der Waals surface area contributed by atoms with Crippen LogP contribution in [-0.2, 0) is 11.3 Å². The fourth-order valence-electron chi connectivity index (χ4n) is 1.58. The molecular formula is C14H19N2O4. The van der Waals surface area contributed by atoms with Crippen molar-refractivity contribution in [3.8, 4) is 0 Å². The van der Waals surface area contributed by atoms with Crippen LogP contribution in [0, 0.1) is 17.0 Å². The smallest absolute Gasteiger partial charge is 0.407 e. The number of nitrogens with zero attached hydrogens (tertiary/aromatic N) is 1. The number of hydrogen-bond donors (Lipinski definition) is 1. The van der Waals surface area contributed by atoms with E-state index in [2.05, 4.69) is 12.2 Å². The molecule has 0 saturated carbocycles. The Hall–Kier alpha value is -2.11. The average molecular weight is 279 g/mol. The number of unbranched alkanes of at least 4 members (excludes halogenated alkanes) is 3. The van der Waals surface area contributed by atoms with Gasteiger partial charge in [0.15, 0.2) is 0 Å². The zero-order valence-corrected chi connectivity index (χ0v) is 11.3. The van der Waals surface area contributed by atoms with Gasteiger partial charge in [-0.2, -0.15) is 0 Å². The van der Waals surface area contributed by atoms with Gasteiger partial charge >= 0.3 is 6.09 Å². The third-order valence-electron chi connectivity index (χ3n) is 2.71. The standard InChI is InChI=1S/C14H19N2O4/c1-2-3-4-5-10-15-14(17)20-11-12-6-8-13(9-7-12)16(18)19/h6-9H,1-5,10-11H2,(H,15,17). The van der Waals surface area contributed by atoms with Crippen LogP contribution in [0.3, 0.4) is 0 Å². The molecule has 0 saturated heterocycles. The SMILES string of the molecule is [CH2]CCCCCNC(=O)OCc1ccc([N+](=O)[O-])cc1. The molecule has 0 aliphatic rings. The average Bonchev–Trinajstić information content (AvgIpc) is 2.45. The van der Waals surface area contributed by atoms with E-state index in [4.69, 9.17) is 4.74 Å². The first-order valence-corrected chi connectivity index (χ1v) is 6.56. The number of nitro benzene ring substituents is 1. The Kier molecular flexibility index (Phi) is 7.10. The summed E-state index contributed by atoms with van der Waals surface area (Å²) in [5.41, 5.74) is 0.728. The summed E-state index contributed by atoms with van der Waals surface area (Å²) in [5.74, 6) is 0. The maximum atomic E-state index is 11.4. The number of alkyl carbamates (subject to hydrolysis) is 1. The molecule has 1 N–H and O–H groups in total. The van der Waals surface area contributed by atoms with Crippen molar-refractivity contribution in [2.75, 3.05) is 6.54 Å². The molecule has 0 heterocycles. The molecule has 0 unspecified atom stereocenters. The van der Waals surface area contributed by atoms with Gasteiger partial charge in [-0.3, -0.25) is 10.1 Å². The van der Waals surface area contributed by atoms with Crippen LogP contribution in [0.4, 0.5) is 10.5 Å². The van der Waals surface area contributed by atoms with Gasteiger partial charge in [0.2, 0.25) is 0 Å². The molecule has 1 aromatic carbocycles. The second kappa shape index (κ2) is 8.90. The number of carbonyl (C=O) groups is 1. The van der Waals surface area contributed by atoms with Crippen molar-refractivity contribution in [2.45, 2.75) is 32.3 Å². The lowest BCUT2D eigenvalue weighted by Gasteiger charge is -2.06. The van der Waals surface area contributed by atoms with Crippen molar-refractivity contribution in [3.05, 3.63) is 46.9 Å². The van der Waals surface area contributed by atoms with Gasteiger partial charge in [-0.05, 0) is 24.1 Å². The van der Waals surface area contributed by atoms with Crippen LogP contribution in [0.25, 0.3) is 0 Å². The van der Waals surface area contributed by atoms with Crippen LogP contribution in [0.2, 0.25) is 0 Å². The predicted octanol–water partition coefficient (Wildman–Crippen LogP) is 3.22. The molecule has 0 aromatic heterocycles. The summed E-state index contributed by atoms with van der Waals surface area (Å²) in [7, 11) is 0. The van der Waals surface area contributed by atoms with Crippen LogP contribution < -0.4 is 5.32 Å². The molecule has 0 spiro atoms. The second-order valence-corrected chi connectivity index (χ2v) is 4.34. The fraction of sp³-hybridized carbons (Fsp3) is 0.429. The number of carbonyl (C=O) groups excluding carboxylic acids is 1. The first-order chi connectivity index (χ1) is 9.63. The molecule has 1 radical (unpaired) electrons. The Morgan fingerprint density at radius 1 is 1.25 bits per heavy atom. The van der Waals surface area contributed by atoms with E-state index in [0.29, 0.717) is 12.1 Å². The molecule has 109 valence electrons. The van der Waals surface area contributed by atoms with Crippen molar-refractivity contribution in [1.82, 2.24) is 5.32 Å². The van der Waals surface area contributed by atoms with Gasteiger partial charge in [0, 0.05) is 18.7 Å². The largest absolute Gasteiger partial charge is 0.445 e. The topological polar surface area (TPSA) is 81.5 Å². The zero-order valence-electron chi connectivity index (χ0n) is 11.3. The predicted molar refractivity (Wildman–Crippen MR) is 75.1 cm³/mol. The molecule has 1 amide bonds. The number of benzene rings is 1. The van der Waals surface area contributed by atoms with E-state index in [1.807, 2.05) is 0 Å². The van der Waals surface area contributed by atoms with E-state index in [1.165, 1.54) is 12.1 Å². The van der Waals surface area contributed by atoms with Crippen molar-refractivity contribution >= 4 is 11.8 Å². The van der Waals surface area contributed by atoms with E-state index in [1.54, 1.807) is 12.1 Å². The van der Waals surface area contributed by atoms with Crippen LogP contribution in [0.15, 0.2) is 24.3 Å².